The summed E-state index contributed by atoms with van der Waals surface area (Å²) in [6.07, 6.45) is 1.11. The molecule has 0 amide bonds. The first-order valence-corrected chi connectivity index (χ1v) is 10.4. The Labute approximate surface area is 154 Å². The van der Waals surface area contributed by atoms with Crippen LogP contribution in [0.5, 0.6) is 0 Å². The lowest BCUT2D eigenvalue weighted by Gasteiger charge is -2.30. The lowest BCUT2D eigenvalue weighted by atomic mass is 10.1. The lowest BCUT2D eigenvalue weighted by Crippen LogP contribution is -2.38. The fraction of sp³-hybridized carbons (Fsp3) is 0.316. The third-order valence-corrected chi connectivity index (χ3v) is 6.44. The van der Waals surface area contributed by atoms with Crippen molar-refractivity contribution in [1.82, 2.24) is 4.90 Å². The van der Waals surface area contributed by atoms with E-state index in [1.807, 2.05) is 11.8 Å². The van der Waals surface area contributed by atoms with E-state index in [4.69, 9.17) is 4.99 Å². The summed E-state index contributed by atoms with van der Waals surface area (Å²) in [4.78, 5) is 10.1. The van der Waals surface area contributed by atoms with Crippen molar-refractivity contribution in [2.24, 2.45) is 4.99 Å². The molecule has 5 heteroatoms. The van der Waals surface area contributed by atoms with Crippen LogP contribution in [0.4, 0.5) is 17.1 Å². The molecular formula is C19H18BrN3S. The molecule has 0 atom stereocenters. The number of anilines is 2. The van der Waals surface area contributed by atoms with Crippen LogP contribution in [-0.2, 0) is 6.42 Å². The third kappa shape index (κ3) is 2.29. The molecule has 3 aliphatic rings. The molecule has 122 valence electrons. The van der Waals surface area contributed by atoms with Crippen molar-refractivity contribution in [2.45, 2.75) is 6.42 Å². The van der Waals surface area contributed by atoms with Gasteiger partial charge in [-0.25, -0.2) is 4.99 Å². The molecule has 0 bridgehead atoms. The van der Waals surface area contributed by atoms with Gasteiger partial charge in [0.05, 0.1) is 17.1 Å². The Bertz CT molecular complexity index is 843. The minimum Gasteiger partial charge on any atom is -0.354 e. The van der Waals surface area contributed by atoms with Crippen molar-refractivity contribution in [3.8, 4) is 0 Å². The van der Waals surface area contributed by atoms with Gasteiger partial charge in [0.1, 0.15) is 5.84 Å². The van der Waals surface area contributed by atoms with Crippen LogP contribution in [0.3, 0.4) is 0 Å². The Morgan fingerprint density at radius 2 is 1.92 bits per heavy atom. The number of hydrogen-bond donors (Lipinski definition) is 0. The fourth-order valence-electron chi connectivity index (χ4n) is 3.88. The van der Waals surface area contributed by atoms with Crippen molar-refractivity contribution >= 4 is 50.6 Å². The number of para-hydroxylation sites is 1. The number of nitrogens with zero attached hydrogens (tertiary/aromatic N) is 3. The Balaban J connectivity index is 1.76. The molecule has 0 N–H and O–H groups in total. The van der Waals surface area contributed by atoms with E-state index in [0.717, 1.165) is 42.1 Å². The predicted octanol–water partition coefficient (Wildman–Crippen LogP) is 4.58. The van der Waals surface area contributed by atoms with Gasteiger partial charge in [-0.1, -0.05) is 28.1 Å². The molecule has 1 saturated heterocycles. The van der Waals surface area contributed by atoms with Crippen molar-refractivity contribution in [3.05, 3.63) is 52.0 Å². The van der Waals surface area contributed by atoms with Crippen LogP contribution in [-0.4, -0.2) is 41.9 Å². The molecule has 24 heavy (non-hydrogen) atoms. The normalized spacial score (nSPS) is 18.8. The zero-order valence-corrected chi connectivity index (χ0v) is 15.7. The minimum absolute atomic E-state index is 1.04. The molecule has 0 spiro atoms. The van der Waals surface area contributed by atoms with Gasteiger partial charge >= 0.3 is 0 Å². The zero-order valence-electron chi connectivity index (χ0n) is 13.3. The predicted molar refractivity (Wildman–Crippen MR) is 106 cm³/mol. The third-order valence-electron chi connectivity index (χ3n) is 5.00. The zero-order chi connectivity index (χ0) is 16.1. The maximum absolute atomic E-state index is 5.15. The SMILES string of the molecule is Brc1ccc2c(c1)N=C(N1CCSCC1)c1cccc3c1N2CC3. The lowest BCUT2D eigenvalue weighted by molar-refractivity contribution is 0.464. The van der Waals surface area contributed by atoms with E-state index in [0.29, 0.717) is 0 Å². The van der Waals surface area contributed by atoms with Crippen LogP contribution in [0, 0.1) is 0 Å². The first-order chi connectivity index (χ1) is 11.8. The van der Waals surface area contributed by atoms with Crippen molar-refractivity contribution in [3.63, 3.8) is 0 Å². The van der Waals surface area contributed by atoms with E-state index in [1.54, 1.807) is 0 Å². The van der Waals surface area contributed by atoms with Crippen LogP contribution < -0.4 is 4.90 Å². The highest BCUT2D eigenvalue weighted by Crippen LogP contribution is 2.45. The number of thioether (sulfide) groups is 1. The molecule has 5 rings (SSSR count). The molecule has 3 aliphatic heterocycles. The first kappa shape index (κ1) is 14.8. The fourth-order valence-corrected chi connectivity index (χ4v) is 5.13. The number of benzene rings is 2. The maximum Gasteiger partial charge on any atom is 0.138 e. The molecule has 0 radical (unpaired) electrons. The highest BCUT2D eigenvalue weighted by atomic mass is 79.9. The van der Waals surface area contributed by atoms with E-state index in [1.165, 1.54) is 34.0 Å². The standard InChI is InChI=1S/C19H18BrN3S/c20-14-4-5-17-16(12-14)21-19(22-8-10-24-11-9-22)15-3-1-2-13-6-7-23(17)18(13)15/h1-5,12H,6-11H2. The van der Waals surface area contributed by atoms with E-state index in [-0.39, 0.29) is 0 Å². The number of aliphatic imine (C=N–C) groups is 1. The van der Waals surface area contributed by atoms with E-state index >= 15 is 0 Å². The van der Waals surface area contributed by atoms with Gasteiger partial charge in [0.2, 0.25) is 0 Å². The van der Waals surface area contributed by atoms with Crippen molar-refractivity contribution in [1.29, 1.82) is 0 Å². The van der Waals surface area contributed by atoms with Gasteiger partial charge < -0.3 is 9.80 Å². The Kier molecular flexibility index (Phi) is 3.60. The second kappa shape index (κ2) is 5.81. The minimum atomic E-state index is 1.04. The second-order valence-corrected chi connectivity index (χ2v) is 8.52. The number of fused-ring (bicyclic) bond motifs is 2. The summed E-state index contributed by atoms with van der Waals surface area (Å²) in [6.45, 7) is 3.20. The van der Waals surface area contributed by atoms with E-state index in [2.05, 4.69) is 62.1 Å². The molecular weight excluding hydrogens is 382 g/mol. The number of hydrogen-bond acceptors (Lipinski definition) is 4. The molecule has 1 fully saturated rings. The largest absolute Gasteiger partial charge is 0.354 e. The molecule has 0 aliphatic carbocycles. The van der Waals surface area contributed by atoms with Crippen LogP contribution in [0.1, 0.15) is 11.1 Å². The number of amidine groups is 1. The second-order valence-electron chi connectivity index (χ2n) is 6.38. The summed E-state index contributed by atoms with van der Waals surface area (Å²) in [5.74, 6) is 3.52. The van der Waals surface area contributed by atoms with Crippen molar-refractivity contribution < 1.29 is 0 Å². The molecule has 3 heterocycles. The number of halogens is 1. The Hall–Kier alpha value is -1.46. The van der Waals surface area contributed by atoms with Gasteiger partial charge in [-0.3, -0.25) is 0 Å². The van der Waals surface area contributed by atoms with Crippen LogP contribution in [0.2, 0.25) is 0 Å². The molecule has 2 aromatic rings. The summed E-state index contributed by atoms with van der Waals surface area (Å²) in [5.41, 5.74) is 6.41. The molecule has 0 unspecified atom stereocenters. The maximum atomic E-state index is 5.15. The Morgan fingerprint density at radius 3 is 2.79 bits per heavy atom. The highest BCUT2D eigenvalue weighted by Gasteiger charge is 2.31. The monoisotopic (exact) mass is 399 g/mol. The van der Waals surface area contributed by atoms with Gasteiger partial charge in [-0.2, -0.15) is 11.8 Å². The number of rotatable bonds is 0. The molecule has 2 aromatic carbocycles. The summed E-state index contributed by atoms with van der Waals surface area (Å²) < 4.78 is 1.09. The Morgan fingerprint density at radius 1 is 1.04 bits per heavy atom. The van der Waals surface area contributed by atoms with Crippen LogP contribution in [0.15, 0.2) is 45.9 Å². The van der Waals surface area contributed by atoms with Gasteiger partial charge in [0, 0.05) is 41.2 Å². The topological polar surface area (TPSA) is 18.8 Å². The summed E-state index contributed by atoms with van der Waals surface area (Å²) in [5, 5.41) is 0. The molecule has 0 aromatic heterocycles. The molecule has 3 nitrogen and oxygen atoms in total. The van der Waals surface area contributed by atoms with Gasteiger partial charge in [0.25, 0.3) is 0 Å². The summed E-state index contributed by atoms with van der Waals surface area (Å²) in [7, 11) is 0. The summed E-state index contributed by atoms with van der Waals surface area (Å²) in [6, 6.07) is 13.2. The average molecular weight is 400 g/mol. The molecule has 0 saturated carbocycles. The van der Waals surface area contributed by atoms with Crippen LogP contribution >= 0.6 is 27.7 Å². The average Bonchev–Trinajstić information content (AvgIpc) is 2.98. The van der Waals surface area contributed by atoms with Crippen molar-refractivity contribution in [2.75, 3.05) is 36.0 Å². The van der Waals surface area contributed by atoms with Gasteiger partial charge in [0.15, 0.2) is 0 Å². The quantitative estimate of drug-likeness (QED) is 0.645. The highest BCUT2D eigenvalue weighted by molar-refractivity contribution is 9.10. The van der Waals surface area contributed by atoms with Crippen LogP contribution in [0.25, 0.3) is 0 Å². The first-order valence-electron chi connectivity index (χ1n) is 8.42. The van der Waals surface area contributed by atoms with Gasteiger partial charge in [-0.05, 0) is 36.2 Å². The van der Waals surface area contributed by atoms with Gasteiger partial charge in [-0.15, -0.1) is 0 Å². The van der Waals surface area contributed by atoms with E-state index < -0.39 is 0 Å². The summed E-state index contributed by atoms with van der Waals surface area (Å²) >= 11 is 5.66. The smallest absolute Gasteiger partial charge is 0.138 e. The van der Waals surface area contributed by atoms with E-state index in [9.17, 15) is 0 Å².